The SMILES string of the molecule is COCc1cc(C(=O)NCCCCBr)no1. The van der Waals surface area contributed by atoms with Gasteiger partial charge >= 0.3 is 0 Å². The van der Waals surface area contributed by atoms with Gasteiger partial charge in [-0.3, -0.25) is 4.79 Å². The van der Waals surface area contributed by atoms with Crippen LogP contribution in [0.5, 0.6) is 0 Å². The highest BCUT2D eigenvalue weighted by molar-refractivity contribution is 9.09. The number of carbonyl (C=O) groups excluding carboxylic acids is 1. The zero-order valence-corrected chi connectivity index (χ0v) is 10.7. The highest BCUT2D eigenvalue weighted by Crippen LogP contribution is 2.04. The van der Waals surface area contributed by atoms with E-state index in [1.165, 1.54) is 0 Å². The van der Waals surface area contributed by atoms with E-state index in [1.807, 2.05) is 0 Å². The van der Waals surface area contributed by atoms with Gasteiger partial charge in [-0.15, -0.1) is 0 Å². The molecule has 0 fully saturated rings. The lowest BCUT2D eigenvalue weighted by Gasteiger charge is -2.00. The lowest BCUT2D eigenvalue weighted by molar-refractivity contribution is 0.0943. The predicted molar refractivity (Wildman–Crippen MR) is 62.6 cm³/mol. The standard InChI is InChI=1S/C10H15BrN2O3/c1-15-7-8-6-9(13-16-8)10(14)12-5-3-2-4-11/h6H,2-5,7H2,1H3,(H,12,14). The summed E-state index contributed by atoms with van der Waals surface area (Å²) in [6.07, 6.45) is 1.98. The summed E-state index contributed by atoms with van der Waals surface area (Å²) < 4.78 is 9.77. The predicted octanol–water partition coefficient (Wildman–Crippen LogP) is 1.73. The van der Waals surface area contributed by atoms with Gasteiger partial charge in [0.15, 0.2) is 11.5 Å². The number of hydrogen-bond acceptors (Lipinski definition) is 4. The van der Waals surface area contributed by atoms with E-state index >= 15 is 0 Å². The molecule has 16 heavy (non-hydrogen) atoms. The van der Waals surface area contributed by atoms with Crippen LogP contribution in [-0.2, 0) is 11.3 Å². The van der Waals surface area contributed by atoms with Crippen LogP contribution in [-0.4, -0.2) is 30.0 Å². The molecule has 0 aliphatic rings. The van der Waals surface area contributed by atoms with Crippen molar-refractivity contribution in [2.24, 2.45) is 0 Å². The molecule has 1 N–H and O–H groups in total. The van der Waals surface area contributed by atoms with E-state index in [2.05, 4.69) is 26.4 Å². The Labute approximate surface area is 103 Å². The average Bonchev–Trinajstić information content (AvgIpc) is 2.73. The number of carbonyl (C=O) groups is 1. The second-order valence-corrected chi connectivity index (χ2v) is 4.06. The second-order valence-electron chi connectivity index (χ2n) is 3.26. The molecule has 1 heterocycles. The van der Waals surface area contributed by atoms with Gasteiger partial charge in [0.25, 0.3) is 5.91 Å². The summed E-state index contributed by atoms with van der Waals surface area (Å²) in [5, 5.41) is 7.37. The number of hydrogen-bond donors (Lipinski definition) is 1. The summed E-state index contributed by atoms with van der Waals surface area (Å²) >= 11 is 3.33. The van der Waals surface area contributed by atoms with Crippen molar-refractivity contribution in [2.45, 2.75) is 19.4 Å². The normalized spacial score (nSPS) is 10.4. The van der Waals surface area contributed by atoms with Crippen LogP contribution in [0.1, 0.15) is 29.1 Å². The smallest absolute Gasteiger partial charge is 0.273 e. The van der Waals surface area contributed by atoms with E-state index in [-0.39, 0.29) is 5.91 Å². The van der Waals surface area contributed by atoms with Crippen molar-refractivity contribution in [3.05, 3.63) is 17.5 Å². The summed E-state index contributed by atoms with van der Waals surface area (Å²) in [6, 6.07) is 1.59. The molecule has 0 saturated heterocycles. The van der Waals surface area contributed by atoms with Gasteiger partial charge < -0.3 is 14.6 Å². The van der Waals surface area contributed by atoms with E-state index in [4.69, 9.17) is 9.26 Å². The summed E-state index contributed by atoms with van der Waals surface area (Å²) in [4.78, 5) is 11.5. The number of nitrogens with zero attached hydrogens (tertiary/aromatic N) is 1. The van der Waals surface area contributed by atoms with Gasteiger partial charge in [-0.1, -0.05) is 21.1 Å². The monoisotopic (exact) mass is 290 g/mol. The Bertz CT molecular complexity index is 328. The first-order chi connectivity index (χ1) is 7.77. The zero-order chi connectivity index (χ0) is 11.8. The van der Waals surface area contributed by atoms with Gasteiger partial charge in [0.2, 0.25) is 0 Å². The zero-order valence-electron chi connectivity index (χ0n) is 9.16. The molecular weight excluding hydrogens is 276 g/mol. The molecule has 0 atom stereocenters. The lowest BCUT2D eigenvalue weighted by Crippen LogP contribution is -2.24. The molecule has 0 radical (unpaired) electrons. The fourth-order valence-corrected chi connectivity index (χ4v) is 1.54. The number of aromatic nitrogens is 1. The van der Waals surface area contributed by atoms with Crippen molar-refractivity contribution < 1.29 is 14.1 Å². The van der Waals surface area contributed by atoms with Crippen LogP contribution in [0.3, 0.4) is 0 Å². The Morgan fingerprint density at radius 2 is 2.44 bits per heavy atom. The summed E-state index contributed by atoms with van der Waals surface area (Å²) in [6.45, 7) is 0.973. The van der Waals surface area contributed by atoms with Gasteiger partial charge in [-0.05, 0) is 12.8 Å². The van der Waals surface area contributed by atoms with Crippen molar-refractivity contribution in [3.8, 4) is 0 Å². The largest absolute Gasteiger partial charge is 0.377 e. The Morgan fingerprint density at radius 3 is 3.12 bits per heavy atom. The molecule has 1 aromatic heterocycles. The number of amides is 1. The molecule has 6 heteroatoms. The molecule has 1 aromatic rings. The molecule has 0 aromatic carbocycles. The molecule has 1 amide bonds. The molecular formula is C10H15BrN2O3. The first kappa shape index (κ1) is 13.2. The van der Waals surface area contributed by atoms with Crippen LogP contribution >= 0.6 is 15.9 Å². The minimum atomic E-state index is -0.208. The number of methoxy groups -OCH3 is 1. The highest BCUT2D eigenvalue weighted by Gasteiger charge is 2.11. The molecule has 0 aliphatic heterocycles. The fraction of sp³-hybridized carbons (Fsp3) is 0.600. The van der Waals surface area contributed by atoms with Crippen molar-refractivity contribution in [3.63, 3.8) is 0 Å². The number of nitrogens with one attached hydrogen (secondary N) is 1. The first-order valence-electron chi connectivity index (χ1n) is 5.06. The minimum Gasteiger partial charge on any atom is -0.377 e. The van der Waals surface area contributed by atoms with E-state index in [0.717, 1.165) is 18.2 Å². The molecule has 0 aliphatic carbocycles. The molecule has 5 nitrogen and oxygen atoms in total. The van der Waals surface area contributed by atoms with Crippen LogP contribution in [0.2, 0.25) is 0 Å². The van der Waals surface area contributed by atoms with E-state index in [0.29, 0.717) is 24.6 Å². The highest BCUT2D eigenvalue weighted by atomic mass is 79.9. The summed E-state index contributed by atoms with van der Waals surface area (Å²) in [5.74, 6) is 0.341. The van der Waals surface area contributed by atoms with Crippen LogP contribution in [0.25, 0.3) is 0 Å². The molecule has 0 unspecified atom stereocenters. The van der Waals surface area contributed by atoms with E-state index < -0.39 is 0 Å². The van der Waals surface area contributed by atoms with Gasteiger partial charge in [0, 0.05) is 25.1 Å². The maximum atomic E-state index is 11.5. The van der Waals surface area contributed by atoms with Crippen molar-refractivity contribution in [1.82, 2.24) is 10.5 Å². The van der Waals surface area contributed by atoms with Crippen molar-refractivity contribution >= 4 is 21.8 Å². The first-order valence-corrected chi connectivity index (χ1v) is 6.18. The van der Waals surface area contributed by atoms with Gasteiger partial charge in [0.1, 0.15) is 6.61 Å². The maximum absolute atomic E-state index is 11.5. The molecule has 90 valence electrons. The average molecular weight is 291 g/mol. The third-order valence-corrected chi connectivity index (χ3v) is 2.48. The topological polar surface area (TPSA) is 64.4 Å². The Balaban J connectivity index is 2.34. The molecule has 1 rings (SSSR count). The summed E-state index contributed by atoms with van der Waals surface area (Å²) in [7, 11) is 1.56. The van der Waals surface area contributed by atoms with Crippen LogP contribution < -0.4 is 5.32 Å². The van der Waals surface area contributed by atoms with Crippen molar-refractivity contribution in [2.75, 3.05) is 19.0 Å². The lowest BCUT2D eigenvalue weighted by atomic mass is 10.3. The van der Waals surface area contributed by atoms with E-state index in [9.17, 15) is 4.79 Å². The maximum Gasteiger partial charge on any atom is 0.273 e. The fourth-order valence-electron chi connectivity index (χ4n) is 1.14. The van der Waals surface area contributed by atoms with Crippen LogP contribution in [0.15, 0.2) is 10.6 Å². The molecule has 0 bridgehead atoms. The van der Waals surface area contributed by atoms with Gasteiger partial charge in [0.05, 0.1) is 0 Å². The third-order valence-electron chi connectivity index (χ3n) is 1.92. The Kier molecular flexibility index (Phi) is 6.10. The Morgan fingerprint density at radius 1 is 1.62 bits per heavy atom. The third kappa shape index (κ3) is 4.32. The minimum absolute atomic E-state index is 0.208. The molecule has 0 saturated carbocycles. The number of alkyl halides is 1. The quantitative estimate of drug-likeness (QED) is 0.614. The number of rotatable bonds is 7. The Hall–Kier alpha value is -0.880. The number of ether oxygens (including phenoxy) is 1. The second kappa shape index (κ2) is 7.40. The van der Waals surface area contributed by atoms with Crippen molar-refractivity contribution in [1.29, 1.82) is 0 Å². The summed E-state index contributed by atoms with van der Waals surface area (Å²) in [5.41, 5.74) is 0.297. The van der Waals surface area contributed by atoms with Gasteiger partial charge in [-0.2, -0.15) is 0 Å². The number of halogens is 1. The number of unbranched alkanes of at least 4 members (excludes halogenated alkanes) is 1. The van der Waals surface area contributed by atoms with Crippen LogP contribution in [0.4, 0.5) is 0 Å². The van der Waals surface area contributed by atoms with Crippen LogP contribution in [0, 0.1) is 0 Å². The van der Waals surface area contributed by atoms with E-state index in [1.54, 1.807) is 13.2 Å². The molecule has 0 spiro atoms. The van der Waals surface area contributed by atoms with Gasteiger partial charge in [-0.25, -0.2) is 0 Å².